The van der Waals surface area contributed by atoms with Crippen molar-refractivity contribution in [1.82, 2.24) is 9.55 Å². The van der Waals surface area contributed by atoms with Crippen LogP contribution < -0.4 is 22.5 Å². The first-order valence-corrected chi connectivity index (χ1v) is 6.23. The van der Waals surface area contributed by atoms with Crippen molar-refractivity contribution in [3.63, 3.8) is 0 Å². The first kappa shape index (κ1) is 14.2. The Bertz CT molecular complexity index is 756. The zero-order valence-electron chi connectivity index (χ0n) is 10.8. The molecule has 20 heavy (non-hydrogen) atoms. The zero-order chi connectivity index (χ0) is 13.1. The Hall–Kier alpha value is -2.20. The van der Waals surface area contributed by atoms with Crippen LogP contribution in [-0.2, 0) is 13.1 Å². The van der Waals surface area contributed by atoms with Crippen molar-refractivity contribution >= 4 is 10.9 Å². The quantitative estimate of drug-likeness (QED) is 0.544. The molecular formula is C15H14ClN3O. The maximum atomic E-state index is 12.3. The summed E-state index contributed by atoms with van der Waals surface area (Å²) in [6, 6.07) is 13.3. The highest BCUT2D eigenvalue weighted by Crippen LogP contribution is 2.04. The van der Waals surface area contributed by atoms with Gasteiger partial charge in [0.05, 0.1) is 23.8 Å². The van der Waals surface area contributed by atoms with Gasteiger partial charge in [0.15, 0.2) is 18.9 Å². The van der Waals surface area contributed by atoms with Gasteiger partial charge in [0.1, 0.15) is 0 Å². The Labute approximate surface area is 122 Å². The Morgan fingerprint density at radius 2 is 1.80 bits per heavy atom. The molecule has 3 aromatic rings. The van der Waals surface area contributed by atoms with E-state index in [2.05, 4.69) is 4.98 Å². The van der Waals surface area contributed by atoms with Crippen LogP contribution in [0.15, 0.2) is 66.0 Å². The van der Waals surface area contributed by atoms with Gasteiger partial charge in [-0.05, 0) is 12.1 Å². The lowest BCUT2D eigenvalue weighted by Gasteiger charge is -2.04. The van der Waals surface area contributed by atoms with Crippen molar-refractivity contribution in [1.29, 1.82) is 0 Å². The maximum absolute atomic E-state index is 12.3. The molecule has 0 radical (unpaired) electrons. The molecule has 0 saturated carbocycles. The highest BCUT2D eigenvalue weighted by atomic mass is 35.5. The van der Waals surface area contributed by atoms with Crippen LogP contribution in [0.3, 0.4) is 0 Å². The van der Waals surface area contributed by atoms with Gasteiger partial charge in [-0.3, -0.25) is 9.36 Å². The second-order valence-electron chi connectivity index (χ2n) is 4.37. The first-order chi connectivity index (χ1) is 9.34. The van der Waals surface area contributed by atoms with Gasteiger partial charge in [0.2, 0.25) is 0 Å². The number of aromatic nitrogens is 3. The molecule has 0 saturated heterocycles. The molecule has 1 aromatic carbocycles. The minimum Gasteiger partial charge on any atom is -1.00 e. The number of nitrogens with zero attached hydrogens (tertiary/aromatic N) is 3. The molecule has 0 bridgehead atoms. The number of fused-ring (bicyclic) bond motifs is 1. The van der Waals surface area contributed by atoms with Crippen molar-refractivity contribution in [2.75, 3.05) is 0 Å². The number of rotatable bonds is 3. The molecule has 2 heterocycles. The van der Waals surface area contributed by atoms with Crippen molar-refractivity contribution in [2.45, 2.75) is 13.1 Å². The molecule has 0 amide bonds. The van der Waals surface area contributed by atoms with Crippen LogP contribution in [0.1, 0.15) is 0 Å². The number of hydrogen-bond acceptors (Lipinski definition) is 2. The van der Waals surface area contributed by atoms with E-state index in [4.69, 9.17) is 0 Å². The van der Waals surface area contributed by atoms with Gasteiger partial charge < -0.3 is 12.4 Å². The van der Waals surface area contributed by atoms with Gasteiger partial charge >= 0.3 is 0 Å². The number of benzene rings is 1. The van der Waals surface area contributed by atoms with Gasteiger partial charge in [-0.1, -0.05) is 18.2 Å². The third-order valence-corrected chi connectivity index (χ3v) is 3.11. The molecule has 4 nitrogen and oxygen atoms in total. The van der Waals surface area contributed by atoms with E-state index in [0.29, 0.717) is 11.9 Å². The van der Waals surface area contributed by atoms with E-state index in [1.54, 1.807) is 10.9 Å². The van der Waals surface area contributed by atoms with Crippen molar-refractivity contribution in [3.8, 4) is 0 Å². The fraction of sp³-hybridized carbons (Fsp3) is 0.133. The van der Waals surface area contributed by atoms with Crippen LogP contribution in [0.4, 0.5) is 0 Å². The van der Waals surface area contributed by atoms with E-state index in [1.165, 1.54) is 0 Å². The molecule has 5 heteroatoms. The summed E-state index contributed by atoms with van der Waals surface area (Å²) in [5.41, 5.74) is 0.762. The van der Waals surface area contributed by atoms with Gasteiger partial charge in [-0.15, -0.1) is 0 Å². The second-order valence-corrected chi connectivity index (χ2v) is 4.37. The predicted octanol–water partition coefficient (Wildman–Crippen LogP) is -1.61. The van der Waals surface area contributed by atoms with E-state index < -0.39 is 0 Å². The van der Waals surface area contributed by atoms with E-state index in [0.717, 1.165) is 12.1 Å². The molecule has 0 atom stereocenters. The number of hydrogen-bond donors (Lipinski definition) is 0. The Morgan fingerprint density at radius 1 is 1.05 bits per heavy atom. The molecule has 0 spiro atoms. The Balaban J connectivity index is 0.00000147. The highest BCUT2D eigenvalue weighted by Gasteiger charge is 2.05. The number of pyridine rings is 1. The molecule has 0 fully saturated rings. The topological polar surface area (TPSA) is 38.8 Å². The van der Waals surface area contributed by atoms with Crippen LogP contribution in [0.2, 0.25) is 0 Å². The van der Waals surface area contributed by atoms with Crippen LogP contribution in [0.5, 0.6) is 0 Å². The molecular weight excluding hydrogens is 274 g/mol. The minimum absolute atomic E-state index is 0. The van der Waals surface area contributed by atoms with Crippen molar-refractivity contribution in [3.05, 3.63) is 71.5 Å². The third-order valence-electron chi connectivity index (χ3n) is 3.11. The summed E-state index contributed by atoms with van der Waals surface area (Å²) in [4.78, 5) is 16.6. The van der Waals surface area contributed by atoms with Crippen LogP contribution in [0.25, 0.3) is 10.9 Å². The average Bonchev–Trinajstić information content (AvgIpc) is 2.48. The van der Waals surface area contributed by atoms with Crippen LogP contribution in [-0.4, -0.2) is 9.55 Å². The van der Waals surface area contributed by atoms with E-state index in [1.807, 2.05) is 59.4 Å². The summed E-state index contributed by atoms with van der Waals surface area (Å²) in [7, 11) is 0. The predicted molar refractivity (Wildman–Crippen MR) is 72.6 cm³/mol. The minimum atomic E-state index is 0. The third kappa shape index (κ3) is 2.86. The summed E-state index contributed by atoms with van der Waals surface area (Å²) in [5.74, 6) is 0. The van der Waals surface area contributed by atoms with Gasteiger partial charge in [0, 0.05) is 12.1 Å². The summed E-state index contributed by atoms with van der Waals surface area (Å²) in [6.45, 7) is 1.37. The molecule has 102 valence electrons. The van der Waals surface area contributed by atoms with Crippen LogP contribution >= 0.6 is 0 Å². The summed E-state index contributed by atoms with van der Waals surface area (Å²) >= 11 is 0. The summed E-state index contributed by atoms with van der Waals surface area (Å²) in [6.07, 6.45) is 5.59. The fourth-order valence-corrected chi connectivity index (χ4v) is 2.07. The molecule has 0 aliphatic heterocycles. The molecule has 0 aliphatic carbocycles. The smallest absolute Gasteiger partial charge is 0.261 e. The van der Waals surface area contributed by atoms with Crippen molar-refractivity contribution in [2.24, 2.45) is 0 Å². The van der Waals surface area contributed by atoms with E-state index in [-0.39, 0.29) is 18.0 Å². The monoisotopic (exact) mass is 287 g/mol. The Morgan fingerprint density at radius 3 is 2.60 bits per heavy atom. The maximum Gasteiger partial charge on any atom is 0.261 e. The number of aryl methyl sites for hydroxylation is 2. The fourth-order valence-electron chi connectivity index (χ4n) is 2.07. The van der Waals surface area contributed by atoms with Crippen LogP contribution in [0, 0.1) is 0 Å². The lowest BCUT2D eigenvalue weighted by molar-refractivity contribution is -0.698. The molecule has 0 aliphatic rings. The summed E-state index contributed by atoms with van der Waals surface area (Å²) in [5, 5.41) is 0.670. The standard InChI is InChI=1S/C15H14N3O.ClH/c19-15-13-6-2-3-7-14(13)16-12-18(15)11-10-17-8-4-1-5-9-17;/h1-9,12H,10-11H2;1H/q+1;/p-1. The SMILES string of the molecule is O=c1c2ccccc2ncn1CC[n+]1ccccc1.[Cl-]. The summed E-state index contributed by atoms with van der Waals surface area (Å²) < 4.78 is 3.70. The normalized spacial score (nSPS) is 10.2. The second kappa shape index (κ2) is 6.30. The number of para-hydroxylation sites is 1. The van der Waals surface area contributed by atoms with Gasteiger partial charge in [-0.2, -0.15) is 0 Å². The van der Waals surface area contributed by atoms with E-state index in [9.17, 15) is 4.79 Å². The Kier molecular flexibility index (Phi) is 4.48. The molecule has 2 aromatic heterocycles. The van der Waals surface area contributed by atoms with Gasteiger partial charge in [0.25, 0.3) is 5.56 Å². The van der Waals surface area contributed by atoms with Gasteiger partial charge in [-0.25, -0.2) is 9.55 Å². The lowest BCUT2D eigenvalue weighted by atomic mass is 10.2. The van der Waals surface area contributed by atoms with Crippen molar-refractivity contribution < 1.29 is 17.0 Å². The molecule has 0 unspecified atom stereocenters. The average molecular weight is 288 g/mol. The first-order valence-electron chi connectivity index (χ1n) is 6.23. The molecule has 0 N–H and O–H groups in total. The number of halogens is 1. The highest BCUT2D eigenvalue weighted by molar-refractivity contribution is 5.76. The van der Waals surface area contributed by atoms with E-state index >= 15 is 0 Å². The molecule has 3 rings (SSSR count). The lowest BCUT2D eigenvalue weighted by Crippen LogP contribution is -3.00. The zero-order valence-corrected chi connectivity index (χ0v) is 11.6. The largest absolute Gasteiger partial charge is 1.00 e.